The number of methoxy groups -OCH3 is 1. The van der Waals surface area contributed by atoms with Gasteiger partial charge in [0, 0.05) is 6.92 Å². The molecule has 0 bridgehead atoms. The highest BCUT2D eigenvalue weighted by atomic mass is 16.8. The van der Waals surface area contributed by atoms with Crippen LogP contribution < -0.4 is 14.8 Å². The van der Waals surface area contributed by atoms with Crippen molar-refractivity contribution in [3.05, 3.63) is 24.3 Å². The molecule has 1 aromatic rings. The van der Waals surface area contributed by atoms with Crippen molar-refractivity contribution < 1.29 is 33.6 Å². The number of carbonyl (C=O) groups is 1. The first-order valence-corrected chi connectivity index (χ1v) is 8.53. The van der Waals surface area contributed by atoms with Crippen molar-refractivity contribution in [1.29, 1.82) is 0 Å². The summed E-state index contributed by atoms with van der Waals surface area (Å²) in [4.78, 5) is 11.6. The van der Waals surface area contributed by atoms with E-state index in [-0.39, 0.29) is 12.5 Å². The molecule has 2 heterocycles. The van der Waals surface area contributed by atoms with Gasteiger partial charge in [-0.25, -0.2) is 0 Å². The number of amides is 1. The van der Waals surface area contributed by atoms with Crippen molar-refractivity contribution in [3.63, 3.8) is 0 Å². The molecule has 2 saturated heterocycles. The lowest BCUT2D eigenvalue weighted by Crippen LogP contribution is -2.69. The summed E-state index contributed by atoms with van der Waals surface area (Å²) in [6, 6.07) is 6.27. The molecule has 5 atom stereocenters. The Balaban J connectivity index is 1.84. The first-order chi connectivity index (χ1) is 12.3. The van der Waals surface area contributed by atoms with Crippen LogP contribution >= 0.6 is 0 Å². The van der Waals surface area contributed by atoms with Crippen LogP contribution in [0.4, 0.5) is 0 Å². The lowest BCUT2D eigenvalue weighted by Gasteiger charge is -2.49. The predicted octanol–water partition coefficient (Wildman–Crippen LogP) is 0.816. The van der Waals surface area contributed by atoms with E-state index in [4.69, 9.17) is 23.7 Å². The van der Waals surface area contributed by atoms with Gasteiger partial charge in [0.25, 0.3) is 0 Å². The zero-order valence-corrected chi connectivity index (χ0v) is 15.3. The van der Waals surface area contributed by atoms with E-state index in [9.17, 15) is 9.90 Å². The highest BCUT2D eigenvalue weighted by Crippen LogP contribution is 2.35. The second kappa shape index (κ2) is 7.40. The first kappa shape index (κ1) is 18.9. The Hall–Kier alpha value is -1.87. The number of fused-ring (bicyclic) bond motifs is 1. The number of aliphatic hydroxyl groups excluding tert-OH is 1. The van der Waals surface area contributed by atoms with Gasteiger partial charge in [-0.2, -0.15) is 0 Å². The molecule has 0 unspecified atom stereocenters. The molecule has 8 heteroatoms. The van der Waals surface area contributed by atoms with Crippen LogP contribution in [0.15, 0.2) is 24.3 Å². The molecule has 2 fully saturated rings. The van der Waals surface area contributed by atoms with Crippen LogP contribution in [0.3, 0.4) is 0 Å². The zero-order chi connectivity index (χ0) is 18.9. The van der Waals surface area contributed by atoms with Gasteiger partial charge in [-0.3, -0.25) is 4.79 Å². The van der Waals surface area contributed by atoms with Crippen molar-refractivity contribution in [2.45, 2.75) is 57.2 Å². The molecule has 3 rings (SSSR count). The summed E-state index contributed by atoms with van der Waals surface area (Å²) in [6.45, 7) is 5.14. The average Bonchev–Trinajstić information content (AvgIpc) is 2.59. The molecule has 0 saturated carbocycles. The Kier molecular flexibility index (Phi) is 5.38. The number of benzene rings is 1. The Morgan fingerprint density at radius 1 is 1.31 bits per heavy atom. The molecule has 1 aromatic carbocycles. The van der Waals surface area contributed by atoms with E-state index in [0.717, 1.165) is 0 Å². The number of nitrogens with one attached hydrogen (secondary N) is 1. The number of rotatable bonds is 4. The molecular formula is C18H25NO7. The molecule has 2 aliphatic heterocycles. The minimum atomic E-state index is -1.03. The van der Waals surface area contributed by atoms with Crippen molar-refractivity contribution in [2.24, 2.45) is 0 Å². The van der Waals surface area contributed by atoms with Crippen molar-refractivity contribution in [3.8, 4) is 11.5 Å². The topological polar surface area (TPSA) is 95.5 Å². The lowest BCUT2D eigenvalue weighted by atomic mass is 9.95. The SMILES string of the molecule is COc1ccccc1O[C@H]1O[C@@H]2COC(C)(C)O[C@@H]2[C@H](O)[C@H]1NC(C)=O. The number of para-hydroxylation sites is 2. The number of aliphatic hydroxyl groups is 1. The Labute approximate surface area is 152 Å². The number of ether oxygens (including phenoxy) is 5. The van der Waals surface area contributed by atoms with E-state index in [1.807, 2.05) is 6.07 Å². The van der Waals surface area contributed by atoms with E-state index in [1.54, 1.807) is 32.0 Å². The molecular weight excluding hydrogens is 342 g/mol. The second-order valence-electron chi connectivity index (χ2n) is 6.82. The minimum absolute atomic E-state index is 0.243. The Morgan fingerprint density at radius 2 is 2.00 bits per heavy atom. The van der Waals surface area contributed by atoms with Crippen LogP contribution in [-0.4, -0.2) is 61.2 Å². The molecule has 0 aromatic heterocycles. The fourth-order valence-corrected chi connectivity index (χ4v) is 3.17. The van der Waals surface area contributed by atoms with Crippen molar-refractivity contribution in [1.82, 2.24) is 5.32 Å². The maximum absolute atomic E-state index is 11.6. The van der Waals surface area contributed by atoms with Crippen molar-refractivity contribution in [2.75, 3.05) is 13.7 Å². The van der Waals surface area contributed by atoms with Gasteiger partial charge in [-0.1, -0.05) is 12.1 Å². The monoisotopic (exact) mass is 367 g/mol. The summed E-state index contributed by atoms with van der Waals surface area (Å²) in [5.41, 5.74) is 0. The van der Waals surface area contributed by atoms with Gasteiger partial charge >= 0.3 is 0 Å². The van der Waals surface area contributed by atoms with Crippen LogP contribution in [-0.2, 0) is 19.0 Å². The molecule has 0 radical (unpaired) electrons. The summed E-state index contributed by atoms with van der Waals surface area (Å²) in [7, 11) is 1.53. The number of hydrogen-bond acceptors (Lipinski definition) is 7. The first-order valence-electron chi connectivity index (χ1n) is 8.53. The van der Waals surface area contributed by atoms with E-state index < -0.39 is 36.4 Å². The maximum atomic E-state index is 11.6. The van der Waals surface area contributed by atoms with Gasteiger partial charge in [0.15, 0.2) is 17.3 Å². The van der Waals surface area contributed by atoms with Crippen LogP contribution in [0.25, 0.3) is 0 Å². The summed E-state index contributed by atoms with van der Waals surface area (Å²) in [5.74, 6) is -0.190. The third-order valence-electron chi connectivity index (χ3n) is 4.37. The number of carbonyl (C=O) groups excluding carboxylic acids is 1. The maximum Gasteiger partial charge on any atom is 0.223 e. The van der Waals surface area contributed by atoms with Crippen LogP contribution in [0.2, 0.25) is 0 Å². The molecule has 26 heavy (non-hydrogen) atoms. The average molecular weight is 367 g/mol. The minimum Gasteiger partial charge on any atom is -0.493 e. The molecule has 1 amide bonds. The van der Waals surface area contributed by atoms with Gasteiger partial charge in [0.1, 0.15) is 24.4 Å². The molecule has 0 spiro atoms. The number of hydrogen-bond donors (Lipinski definition) is 2. The smallest absolute Gasteiger partial charge is 0.223 e. The van der Waals surface area contributed by atoms with E-state index in [0.29, 0.717) is 11.5 Å². The molecule has 144 valence electrons. The van der Waals surface area contributed by atoms with Gasteiger partial charge in [0.2, 0.25) is 12.2 Å². The quantitative estimate of drug-likeness (QED) is 0.813. The van der Waals surface area contributed by atoms with Gasteiger partial charge in [-0.05, 0) is 26.0 Å². The molecule has 2 aliphatic rings. The Morgan fingerprint density at radius 3 is 2.65 bits per heavy atom. The fourth-order valence-electron chi connectivity index (χ4n) is 3.17. The summed E-state index contributed by atoms with van der Waals surface area (Å²) >= 11 is 0. The molecule has 8 nitrogen and oxygen atoms in total. The van der Waals surface area contributed by atoms with Crippen LogP contribution in [0.5, 0.6) is 11.5 Å². The summed E-state index contributed by atoms with van der Waals surface area (Å²) in [6.07, 6.45) is -3.13. The van der Waals surface area contributed by atoms with Gasteiger partial charge in [0.05, 0.1) is 13.7 Å². The predicted molar refractivity (Wildman–Crippen MR) is 90.8 cm³/mol. The second-order valence-corrected chi connectivity index (χ2v) is 6.82. The fraction of sp³-hybridized carbons (Fsp3) is 0.611. The van der Waals surface area contributed by atoms with E-state index >= 15 is 0 Å². The summed E-state index contributed by atoms with van der Waals surface area (Å²) in [5, 5.41) is 13.5. The third kappa shape index (κ3) is 3.93. The van der Waals surface area contributed by atoms with Crippen LogP contribution in [0, 0.1) is 0 Å². The summed E-state index contributed by atoms with van der Waals surface area (Å²) < 4.78 is 28.6. The highest BCUT2D eigenvalue weighted by molar-refractivity contribution is 5.73. The van der Waals surface area contributed by atoms with E-state index in [1.165, 1.54) is 14.0 Å². The normalized spacial score (nSPS) is 33.0. The zero-order valence-electron chi connectivity index (χ0n) is 15.3. The van der Waals surface area contributed by atoms with E-state index in [2.05, 4.69) is 5.32 Å². The van der Waals surface area contributed by atoms with Crippen LogP contribution in [0.1, 0.15) is 20.8 Å². The van der Waals surface area contributed by atoms with Gasteiger partial charge < -0.3 is 34.1 Å². The van der Waals surface area contributed by atoms with Crippen molar-refractivity contribution >= 4 is 5.91 Å². The highest BCUT2D eigenvalue weighted by Gasteiger charge is 2.52. The standard InChI is InChI=1S/C18H25NO7/c1-10(20)19-14-15(21)16-13(9-23-18(2,3)26-16)25-17(14)24-12-8-6-5-7-11(12)22-4/h5-8,13-17,21H,9H2,1-4H3,(H,19,20)/t13-,14-,15-,16+,17+/m1/s1. The lowest BCUT2D eigenvalue weighted by molar-refractivity contribution is -0.361. The van der Waals surface area contributed by atoms with Gasteiger partial charge in [-0.15, -0.1) is 0 Å². The molecule has 0 aliphatic carbocycles. The largest absolute Gasteiger partial charge is 0.493 e. The third-order valence-corrected chi connectivity index (χ3v) is 4.37. The molecule has 2 N–H and O–H groups in total. The Bertz CT molecular complexity index is 650.